The van der Waals surface area contributed by atoms with Crippen molar-refractivity contribution >= 4 is 23.5 Å². The van der Waals surface area contributed by atoms with Crippen LogP contribution in [0.5, 0.6) is 0 Å². The average molecular weight is 308 g/mol. The molecule has 0 saturated heterocycles. The Kier molecular flexibility index (Phi) is 5.91. The standard InChI is InChI=1S/C14H20N4S2/c1-4-20-11(2)14-16-12(8-10-19-3)17-18(14)13-7-5-6-9-15-13/h5-7,9,11H,4,8,10H2,1-3H3/t11-/m1/s1. The van der Waals surface area contributed by atoms with Crippen LogP contribution in [-0.4, -0.2) is 37.5 Å². The first-order valence-corrected chi connectivity index (χ1v) is 9.18. The largest absolute Gasteiger partial charge is 0.237 e. The first-order valence-electron chi connectivity index (χ1n) is 6.74. The summed E-state index contributed by atoms with van der Waals surface area (Å²) in [6.45, 7) is 4.34. The van der Waals surface area contributed by atoms with E-state index in [0.717, 1.165) is 35.4 Å². The highest BCUT2D eigenvalue weighted by atomic mass is 32.2. The molecule has 0 aliphatic carbocycles. The number of aryl methyl sites for hydroxylation is 1. The van der Waals surface area contributed by atoms with Gasteiger partial charge in [-0.25, -0.2) is 9.97 Å². The van der Waals surface area contributed by atoms with Gasteiger partial charge in [0, 0.05) is 18.4 Å². The van der Waals surface area contributed by atoms with Crippen LogP contribution in [0.4, 0.5) is 0 Å². The van der Waals surface area contributed by atoms with E-state index in [1.54, 1.807) is 6.20 Å². The van der Waals surface area contributed by atoms with Gasteiger partial charge in [0.25, 0.3) is 0 Å². The van der Waals surface area contributed by atoms with E-state index in [9.17, 15) is 0 Å². The van der Waals surface area contributed by atoms with E-state index in [-0.39, 0.29) is 0 Å². The van der Waals surface area contributed by atoms with Crippen molar-refractivity contribution in [2.24, 2.45) is 0 Å². The predicted molar refractivity (Wildman–Crippen MR) is 87.8 cm³/mol. The number of hydrogen-bond acceptors (Lipinski definition) is 5. The van der Waals surface area contributed by atoms with Gasteiger partial charge in [0.05, 0.1) is 5.25 Å². The third-order valence-corrected chi connectivity index (χ3v) is 4.51. The van der Waals surface area contributed by atoms with E-state index < -0.39 is 0 Å². The molecule has 0 spiro atoms. The third kappa shape index (κ3) is 3.76. The molecule has 20 heavy (non-hydrogen) atoms. The summed E-state index contributed by atoms with van der Waals surface area (Å²) in [4.78, 5) is 9.11. The zero-order valence-electron chi connectivity index (χ0n) is 12.1. The Morgan fingerprint density at radius 3 is 2.85 bits per heavy atom. The highest BCUT2D eigenvalue weighted by Gasteiger charge is 2.17. The second kappa shape index (κ2) is 7.69. The fourth-order valence-corrected chi connectivity index (χ4v) is 3.09. The van der Waals surface area contributed by atoms with Gasteiger partial charge >= 0.3 is 0 Å². The van der Waals surface area contributed by atoms with Crippen LogP contribution in [0.3, 0.4) is 0 Å². The Labute approximate surface area is 128 Å². The molecule has 0 aromatic carbocycles. The molecule has 4 nitrogen and oxygen atoms in total. The molecule has 2 heterocycles. The van der Waals surface area contributed by atoms with Gasteiger partial charge in [-0.15, -0.1) is 5.10 Å². The molecule has 0 bridgehead atoms. The van der Waals surface area contributed by atoms with E-state index >= 15 is 0 Å². The van der Waals surface area contributed by atoms with E-state index in [1.165, 1.54) is 0 Å². The molecule has 0 radical (unpaired) electrons. The fraction of sp³-hybridized carbons (Fsp3) is 0.500. The van der Waals surface area contributed by atoms with Gasteiger partial charge in [-0.2, -0.15) is 28.2 Å². The lowest BCUT2D eigenvalue weighted by molar-refractivity contribution is 0.764. The Morgan fingerprint density at radius 2 is 2.20 bits per heavy atom. The minimum atomic E-state index is 0.317. The maximum Gasteiger partial charge on any atom is 0.155 e. The van der Waals surface area contributed by atoms with Gasteiger partial charge < -0.3 is 0 Å². The Bertz CT molecular complexity index is 527. The summed E-state index contributed by atoms with van der Waals surface area (Å²) < 4.78 is 1.89. The first kappa shape index (κ1) is 15.4. The molecule has 6 heteroatoms. The number of aromatic nitrogens is 4. The van der Waals surface area contributed by atoms with Crippen LogP contribution in [0.15, 0.2) is 24.4 Å². The van der Waals surface area contributed by atoms with Gasteiger partial charge in [0.15, 0.2) is 11.6 Å². The van der Waals surface area contributed by atoms with Crippen molar-refractivity contribution in [3.05, 3.63) is 36.0 Å². The fourth-order valence-electron chi connectivity index (χ4n) is 1.90. The van der Waals surface area contributed by atoms with Crippen molar-refractivity contribution in [2.45, 2.75) is 25.5 Å². The van der Waals surface area contributed by atoms with Crippen LogP contribution in [0, 0.1) is 0 Å². The summed E-state index contributed by atoms with van der Waals surface area (Å²) in [6.07, 6.45) is 4.80. The number of hydrogen-bond donors (Lipinski definition) is 0. The van der Waals surface area contributed by atoms with E-state index in [2.05, 4.69) is 30.2 Å². The van der Waals surface area contributed by atoms with Crippen LogP contribution >= 0.6 is 23.5 Å². The van der Waals surface area contributed by atoms with Crippen LogP contribution in [0.25, 0.3) is 5.82 Å². The molecule has 2 rings (SSSR count). The molecule has 0 unspecified atom stereocenters. The Balaban J connectivity index is 2.34. The van der Waals surface area contributed by atoms with E-state index in [4.69, 9.17) is 4.98 Å². The number of rotatable bonds is 7. The molecular formula is C14H20N4S2. The lowest BCUT2D eigenvalue weighted by Gasteiger charge is -2.10. The second-order valence-electron chi connectivity index (χ2n) is 4.33. The van der Waals surface area contributed by atoms with Crippen LogP contribution < -0.4 is 0 Å². The van der Waals surface area contributed by atoms with Gasteiger partial charge in [0.2, 0.25) is 0 Å². The van der Waals surface area contributed by atoms with Crippen LogP contribution in [0.2, 0.25) is 0 Å². The molecular weight excluding hydrogens is 288 g/mol. The molecule has 1 atom stereocenters. The molecule has 2 aromatic rings. The molecule has 0 aliphatic heterocycles. The van der Waals surface area contributed by atoms with Gasteiger partial charge in [-0.3, -0.25) is 0 Å². The maximum atomic E-state index is 4.72. The van der Waals surface area contributed by atoms with E-state index in [1.807, 2.05) is 46.4 Å². The Morgan fingerprint density at radius 1 is 1.35 bits per heavy atom. The van der Waals surface area contributed by atoms with Crippen molar-refractivity contribution in [1.29, 1.82) is 0 Å². The molecule has 0 N–H and O–H groups in total. The molecule has 0 saturated carbocycles. The van der Waals surface area contributed by atoms with Crippen molar-refractivity contribution in [1.82, 2.24) is 19.7 Å². The quantitative estimate of drug-likeness (QED) is 0.784. The maximum absolute atomic E-state index is 4.72. The van der Waals surface area contributed by atoms with Gasteiger partial charge in [-0.05, 0) is 31.1 Å². The zero-order chi connectivity index (χ0) is 14.4. The summed E-state index contributed by atoms with van der Waals surface area (Å²) in [5.74, 6) is 4.85. The molecule has 2 aromatic heterocycles. The number of pyridine rings is 1. The van der Waals surface area contributed by atoms with Crippen LogP contribution in [0.1, 0.15) is 30.7 Å². The molecule has 0 fully saturated rings. The monoisotopic (exact) mass is 308 g/mol. The van der Waals surface area contributed by atoms with Crippen molar-refractivity contribution < 1.29 is 0 Å². The highest BCUT2D eigenvalue weighted by Crippen LogP contribution is 2.27. The average Bonchev–Trinajstić information content (AvgIpc) is 2.90. The SMILES string of the molecule is CCS[C@H](C)c1nc(CCSC)nn1-c1ccccn1. The van der Waals surface area contributed by atoms with Crippen LogP contribution in [-0.2, 0) is 6.42 Å². The summed E-state index contributed by atoms with van der Waals surface area (Å²) >= 11 is 3.69. The van der Waals surface area contributed by atoms with Crippen molar-refractivity contribution in [3.63, 3.8) is 0 Å². The zero-order valence-corrected chi connectivity index (χ0v) is 13.7. The second-order valence-corrected chi connectivity index (χ2v) is 6.93. The third-order valence-electron chi connectivity index (χ3n) is 2.85. The summed E-state index contributed by atoms with van der Waals surface area (Å²) in [5, 5.41) is 4.95. The Hall–Kier alpha value is -1.01. The summed E-state index contributed by atoms with van der Waals surface area (Å²) in [5.41, 5.74) is 0. The van der Waals surface area contributed by atoms with Crippen molar-refractivity contribution in [2.75, 3.05) is 17.8 Å². The lowest BCUT2D eigenvalue weighted by Crippen LogP contribution is -2.06. The van der Waals surface area contributed by atoms with Gasteiger partial charge in [-0.1, -0.05) is 13.0 Å². The lowest BCUT2D eigenvalue weighted by atomic mass is 10.4. The molecule has 0 aliphatic rings. The summed E-state index contributed by atoms with van der Waals surface area (Å²) in [7, 11) is 0. The van der Waals surface area contributed by atoms with Gasteiger partial charge in [0.1, 0.15) is 5.82 Å². The topological polar surface area (TPSA) is 43.6 Å². The predicted octanol–water partition coefficient (Wildman–Crippen LogP) is 3.38. The normalized spacial score (nSPS) is 12.6. The minimum Gasteiger partial charge on any atom is -0.237 e. The molecule has 0 amide bonds. The number of nitrogens with zero attached hydrogens (tertiary/aromatic N) is 4. The summed E-state index contributed by atoms with van der Waals surface area (Å²) in [6, 6.07) is 5.87. The number of thioether (sulfide) groups is 2. The molecule has 108 valence electrons. The first-order chi connectivity index (χ1) is 9.76. The van der Waals surface area contributed by atoms with E-state index in [0.29, 0.717) is 5.25 Å². The minimum absolute atomic E-state index is 0.317. The highest BCUT2D eigenvalue weighted by molar-refractivity contribution is 7.99. The van der Waals surface area contributed by atoms with Crippen molar-refractivity contribution in [3.8, 4) is 5.82 Å². The smallest absolute Gasteiger partial charge is 0.155 e.